The number of likely N-dealkylation sites (tertiary alicyclic amines) is 2. The maximum absolute atomic E-state index is 13.5. The predicted octanol–water partition coefficient (Wildman–Crippen LogP) is 3.77. The molecule has 2 fully saturated rings. The number of amides is 5. The number of rotatable bonds is 11. The van der Waals surface area contributed by atoms with E-state index in [4.69, 9.17) is 14.5 Å². The van der Waals surface area contributed by atoms with Gasteiger partial charge in [0.1, 0.15) is 23.6 Å². The van der Waals surface area contributed by atoms with E-state index in [-0.39, 0.29) is 53.9 Å². The fourth-order valence-corrected chi connectivity index (χ4v) is 6.78. The lowest BCUT2D eigenvalue weighted by Gasteiger charge is -2.30. The molecule has 2 saturated heterocycles. The lowest BCUT2D eigenvalue weighted by Crippen LogP contribution is -2.54. The summed E-state index contributed by atoms with van der Waals surface area (Å²) in [6, 6.07) is 7.40. The Hall–Kier alpha value is -5.21. The Morgan fingerprint density at radius 3 is 2.06 bits per heavy atom. The van der Waals surface area contributed by atoms with Gasteiger partial charge in [0.25, 0.3) is 5.91 Å². The van der Waals surface area contributed by atoms with Gasteiger partial charge >= 0.3 is 12.2 Å². The van der Waals surface area contributed by atoms with Crippen molar-refractivity contribution < 1.29 is 33.4 Å². The predicted molar refractivity (Wildman–Crippen MR) is 188 cm³/mol. The van der Waals surface area contributed by atoms with E-state index in [9.17, 15) is 24.0 Å². The molecule has 2 aromatic heterocycles. The summed E-state index contributed by atoms with van der Waals surface area (Å²) in [6.45, 7) is 8.85. The Morgan fingerprint density at radius 1 is 0.843 bits per heavy atom. The van der Waals surface area contributed by atoms with Crippen LogP contribution in [0.2, 0.25) is 0 Å². The van der Waals surface area contributed by atoms with E-state index in [1.165, 1.54) is 14.2 Å². The molecular formula is C36H48N8O7. The van der Waals surface area contributed by atoms with Crippen molar-refractivity contribution in [2.45, 2.75) is 77.5 Å². The normalized spacial score (nSPS) is 18.5. The van der Waals surface area contributed by atoms with Crippen LogP contribution in [0, 0.1) is 11.8 Å². The second-order valence-electron chi connectivity index (χ2n) is 13.7. The first kappa shape index (κ1) is 37.1. The summed E-state index contributed by atoms with van der Waals surface area (Å²) in [7, 11) is 2.53. The van der Waals surface area contributed by atoms with Crippen LogP contribution < -0.4 is 16.0 Å². The molecule has 274 valence electrons. The number of alkyl carbamates (subject to hydrolysis) is 2. The molecule has 0 unspecified atom stereocenters. The number of aromatic amines is 1. The van der Waals surface area contributed by atoms with E-state index in [1.54, 1.807) is 22.1 Å². The Kier molecular flexibility index (Phi) is 11.8. The minimum atomic E-state index is -0.726. The first-order valence-corrected chi connectivity index (χ1v) is 17.5. The maximum Gasteiger partial charge on any atom is 0.407 e. The van der Waals surface area contributed by atoms with Crippen LogP contribution in [-0.2, 0) is 19.1 Å². The number of hydrogen-bond acceptors (Lipinski definition) is 9. The molecule has 5 rings (SSSR count). The Morgan fingerprint density at radius 2 is 1.45 bits per heavy atom. The van der Waals surface area contributed by atoms with Crippen molar-refractivity contribution in [1.82, 2.24) is 40.7 Å². The number of carbonyl (C=O) groups excluding carboxylic acids is 5. The molecule has 0 radical (unpaired) electrons. The zero-order valence-electron chi connectivity index (χ0n) is 30.0. The number of benzene rings is 1. The molecule has 0 saturated carbocycles. The summed E-state index contributed by atoms with van der Waals surface area (Å²) in [4.78, 5) is 79.8. The number of pyridine rings is 1. The van der Waals surface area contributed by atoms with Crippen LogP contribution in [0.3, 0.4) is 0 Å². The number of H-pyrrole nitrogens is 1. The number of ether oxygens (including phenoxy) is 2. The van der Waals surface area contributed by atoms with Gasteiger partial charge in [0.2, 0.25) is 11.8 Å². The molecule has 4 N–H and O–H groups in total. The zero-order valence-corrected chi connectivity index (χ0v) is 30.0. The summed E-state index contributed by atoms with van der Waals surface area (Å²) >= 11 is 0. The Balaban J connectivity index is 1.23. The van der Waals surface area contributed by atoms with E-state index in [0.717, 1.165) is 47.8 Å². The fourth-order valence-electron chi connectivity index (χ4n) is 6.78. The molecule has 2 aliphatic heterocycles. The van der Waals surface area contributed by atoms with E-state index >= 15 is 0 Å². The van der Waals surface area contributed by atoms with Crippen LogP contribution in [0.25, 0.3) is 22.2 Å². The van der Waals surface area contributed by atoms with E-state index in [2.05, 4.69) is 25.9 Å². The zero-order chi connectivity index (χ0) is 36.8. The summed E-state index contributed by atoms with van der Waals surface area (Å²) in [5.74, 6) is -0.300. The number of fused-ring (bicyclic) bond motifs is 1. The van der Waals surface area contributed by atoms with Crippen molar-refractivity contribution in [3.8, 4) is 11.1 Å². The third-order valence-electron chi connectivity index (χ3n) is 9.62. The van der Waals surface area contributed by atoms with Gasteiger partial charge in [-0.3, -0.25) is 19.4 Å². The highest BCUT2D eigenvalue weighted by molar-refractivity contribution is 5.93. The molecule has 1 aromatic carbocycles. The molecular weight excluding hydrogens is 656 g/mol. The molecule has 5 amide bonds. The monoisotopic (exact) mass is 704 g/mol. The van der Waals surface area contributed by atoms with Crippen LogP contribution >= 0.6 is 0 Å². The van der Waals surface area contributed by atoms with Gasteiger partial charge in [-0.1, -0.05) is 39.8 Å². The minimum absolute atomic E-state index is 0.128. The van der Waals surface area contributed by atoms with Crippen LogP contribution in [-0.4, -0.2) is 107 Å². The molecule has 2 aliphatic rings. The van der Waals surface area contributed by atoms with Gasteiger partial charge in [-0.25, -0.2) is 14.6 Å². The van der Waals surface area contributed by atoms with Crippen molar-refractivity contribution in [3.63, 3.8) is 0 Å². The Labute approximate surface area is 297 Å². The average molecular weight is 705 g/mol. The van der Waals surface area contributed by atoms with Gasteiger partial charge < -0.3 is 40.2 Å². The average Bonchev–Trinajstić information content (AvgIpc) is 3.90. The van der Waals surface area contributed by atoms with Crippen molar-refractivity contribution >= 4 is 40.9 Å². The number of nitrogens with one attached hydrogen (secondary N) is 4. The van der Waals surface area contributed by atoms with Gasteiger partial charge in [0, 0.05) is 37.4 Å². The fraction of sp³-hybridized carbons (Fsp3) is 0.528. The number of imidazole rings is 1. The Bertz CT molecular complexity index is 1740. The SMILES string of the molecule is COC(=O)N[C@H](C(=O)N1CCC[C@H]1CNC(=O)c1ccc(-c2ccc3nc([C@@H]4CCCN4C(=O)[C@@H](NC(=O)OC)C(C)C)[nH]c3c2)cn1)C(C)C. The number of carbonyl (C=O) groups is 5. The lowest BCUT2D eigenvalue weighted by molar-refractivity contribution is -0.136. The summed E-state index contributed by atoms with van der Waals surface area (Å²) < 4.78 is 9.43. The van der Waals surface area contributed by atoms with Gasteiger partial charge in [0.15, 0.2) is 0 Å². The highest BCUT2D eigenvalue weighted by Gasteiger charge is 2.38. The third-order valence-corrected chi connectivity index (χ3v) is 9.62. The summed E-state index contributed by atoms with van der Waals surface area (Å²) in [6.07, 6.45) is 3.43. The van der Waals surface area contributed by atoms with Crippen molar-refractivity contribution in [2.75, 3.05) is 33.9 Å². The van der Waals surface area contributed by atoms with Crippen molar-refractivity contribution in [1.29, 1.82) is 0 Å². The number of methoxy groups -OCH3 is 2. The smallest absolute Gasteiger partial charge is 0.407 e. The largest absolute Gasteiger partial charge is 0.453 e. The summed E-state index contributed by atoms with van der Waals surface area (Å²) in [5.41, 5.74) is 3.49. The second-order valence-corrected chi connectivity index (χ2v) is 13.7. The van der Waals surface area contributed by atoms with E-state index < -0.39 is 24.3 Å². The molecule has 3 aromatic rings. The first-order chi connectivity index (χ1) is 24.4. The van der Waals surface area contributed by atoms with Crippen molar-refractivity contribution in [2.24, 2.45) is 11.8 Å². The van der Waals surface area contributed by atoms with Gasteiger partial charge in [0.05, 0.1) is 31.3 Å². The molecule has 51 heavy (non-hydrogen) atoms. The second kappa shape index (κ2) is 16.2. The first-order valence-electron chi connectivity index (χ1n) is 17.5. The summed E-state index contributed by atoms with van der Waals surface area (Å²) in [5, 5.41) is 8.23. The van der Waals surface area contributed by atoms with Crippen LogP contribution in [0.15, 0.2) is 36.5 Å². The minimum Gasteiger partial charge on any atom is -0.453 e. The quantitative estimate of drug-likeness (QED) is 0.230. The maximum atomic E-state index is 13.5. The number of hydrogen-bond donors (Lipinski definition) is 4. The molecule has 15 heteroatoms. The molecule has 0 bridgehead atoms. The topological polar surface area (TPSA) is 188 Å². The van der Waals surface area contributed by atoms with Gasteiger partial charge in [-0.05, 0) is 61.3 Å². The molecule has 0 spiro atoms. The highest BCUT2D eigenvalue weighted by Crippen LogP contribution is 2.33. The van der Waals surface area contributed by atoms with E-state index in [1.807, 2.05) is 52.0 Å². The molecule has 15 nitrogen and oxygen atoms in total. The lowest BCUT2D eigenvalue weighted by atomic mass is 10.0. The molecule has 0 aliphatic carbocycles. The van der Waals surface area contributed by atoms with Gasteiger partial charge in [-0.2, -0.15) is 0 Å². The van der Waals surface area contributed by atoms with Crippen LogP contribution in [0.5, 0.6) is 0 Å². The highest BCUT2D eigenvalue weighted by atomic mass is 16.5. The van der Waals surface area contributed by atoms with Crippen LogP contribution in [0.1, 0.15) is 75.7 Å². The molecule has 4 atom stereocenters. The third kappa shape index (κ3) is 8.40. The van der Waals surface area contributed by atoms with Gasteiger partial charge in [-0.15, -0.1) is 0 Å². The van der Waals surface area contributed by atoms with Crippen LogP contribution in [0.4, 0.5) is 9.59 Å². The number of aromatic nitrogens is 3. The van der Waals surface area contributed by atoms with Crippen molar-refractivity contribution in [3.05, 3.63) is 48.0 Å². The number of nitrogens with zero attached hydrogens (tertiary/aromatic N) is 4. The molecule has 4 heterocycles. The van der Waals surface area contributed by atoms with E-state index in [0.29, 0.717) is 18.9 Å². The standard InChI is InChI=1S/C36H48N8O7/c1-20(2)29(41-35(48)50-5)33(46)43-15-7-9-24(43)19-38-32(45)26-14-12-23(18-37-26)22-11-13-25-27(17-22)40-31(39-25)28-10-8-16-44(28)34(47)30(21(3)4)42-36(49)51-6/h11-14,17-18,20-21,24,28-30H,7-10,15-16,19H2,1-6H3,(H,38,45)(H,39,40)(H,41,48)(H,42,49)/t24-,28-,29-,30-/m0/s1.